The summed E-state index contributed by atoms with van der Waals surface area (Å²) >= 11 is 0. The zero-order chi connectivity index (χ0) is 12.4. The van der Waals surface area contributed by atoms with Gasteiger partial charge in [-0.25, -0.2) is 0 Å². The van der Waals surface area contributed by atoms with Crippen LogP contribution in [-0.2, 0) is 6.54 Å². The summed E-state index contributed by atoms with van der Waals surface area (Å²) in [5, 5.41) is 4.92. The molecule has 0 radical (unpaired) electrons. The van der Waals surface area contributed by atoms with Crippen molar-refractivity contribution < 1.29 is 0 Å². The van der Waals surface area contributed by atoms with Crippen molar-refractivity contribution in [3.8, 4) is 0 Å². The highest BCUT2D eigenvalue weighted by atomic mass is 14.9. The Morgan fingerprint density at radius 1 is 1.22 bits per heavy atom. The van der Waals surface area contributed by atoms with Crippen LogP contribution >= 0.6 is 0 Å². The Kier molecular flexibility index (Phi) is 3.13. The molecule has 0 bridgehead atoms. The average molecular weight is 242 g/mol. The van der Waals surface area contributed by atoms with Gasteiger partial charge in [-0.05, 0) is 41.3 Å². The summed E-state index contributed by atoms with van der Waals surface area (Å²) < 4.78 is 0. The second-order valence-corrected chi connectivity index (χ2v) is 6.02. The molecule has 1 aromatic heterocycles. The molecule has 0 spiro atoms. The molecule has 3 rings (SSSR count). The van der Waals surface area contributed by atoms with Crippen LogP contribution in [0.15, 0.2) is 30.5 Å². The molecule has 1 aliphatic carbocycles. The Hall–Kier alpha value is -1.28. The summed E-state index contributed by atoms with van der Waals surface area (Å²) in [7, 11) is 0. The zero-order valence-electron chi connectivity index (χ0n) is 11.1. The first-order valence-electron chi connectivity index (χ1n) is 7.02. The molecular formula is C16H22N2. The number of aromatic nitrogens is 1. The van der Waals surface area contributed by atoms with Crippen LogP contribution in [0, 0.1) is 5.41 Å². The van der Waals surface area contributed by atoms with E-state index in [0.717, 1.165) is 13.1 Å². The van der Waals surface area contributed by atoms with E-state index in [2.05, 4.69) is 41.5 Å². The van der Waals surface area contributed by atoms with E-state index in [1.165, 1.54) is 42.1 Å². The maximum atomic E-state index is 3.63. The molecule has 2 aromatic rings. The molecule has 1 heterocycles. The van der Waals surface area contributed by atoms with Crippen LogP contribution in [0.25, 0.3) is 10.9 Å². The maximum absolute atomic E-state index is 3.63. The Bertz CT molecular complexity index is 521. The first-order valence-corrected chi connectivity index (χ1v) is 7.02. The third kappa shape index (κ3) is 2.44. The number of fused-ring (bicyclic) bond motifs is 1. The Morgan fingerprint density at radius 2 is 2.06 bits per heavy atom. The van der Waals surface area contributed by atoms with Crippen molar-refractivity contribution in [1.29, 1.82) is 0 Å². The summed E-state index contributed by atoms with van der Waals surface area (Å²) in [5.74, 6) is 0. The number of hydrogen-bond donors (Lipinski definition) is 2. The van der Waals surface area contributed by atoms with E-state index < -0.39 is 0 Å². The van der Waals surface area contributed by atoms with Crippen LogP contribution in [0.3, 0.4) is 0 Å². The first kappa shape index (κ1) is 11.8. The lowest BCUT2D eigenvalue weighted by atomic mass is 9.89. The predicted octanol–water partition coefficient (Wildman–Crippen LogP) is 3.84. The van der Waals surface area contributed by atoms with Gasteiger partial charge in [-0.15, -0.1) is 0 Å². The molecule has 18 heavy (non-hydrogen) atoms. The zero-order valence-corrected chi connectivity index (χ0v) is 11.1. The van der Waals surface area contributed by atoms with Gasteiger partial charge < -0.3 is 10.3 Å². The average Bonchev–Trinajstić information content (AvgIpc) is 2.97. The third-order valence-electron chi connectivity index (χ3n) is 4.31. The first-order chi connectivity index (χ1) is 8.75. The number of nitrogens with one attached hydrogen (secondary N) is 2. The SMILES string of the molecule is CC1(CNCc2ccc3cc[nH]c3c2)CCCC1. The molecule has 0 amide bonds. The van der Waals surface area contributed by atoms with Crippen molar-refractivity contribution in [2.45, 2.75) is 39.2 Å². The third-order valence-corrected chi connectivity index (χ3v) is 4.31. The predicted molar refractivity (Wildman–Crippen MR) is 76.6 cm³/mol. The van der Waals surface area contributed by atoms with Gasteiger partial charge in [0.15, 0.2) is 0 Å². The van der Waals surface area contributed by atoms with Gasteiger partial charge in [0.05, 0.1) is 0 Å². The monoisotopic (exact) mass is 242 g/mol. The second-order valence-electron chi connectivity index (χ2n) is 6.02. The number of benzene rings is 1. The molecule has 96 valence electrons. The summed E-state index contributed by atoms with van der Waals surface area (Å²) in [6.45, 7) is 4.54. The van der Waals surface area contributed by atoms with Crippen molar-refractivity contribution in [2.75, 3.05) is 6.54 Å². The van der Waals surface area contributed by atoms with Crippen LogP contribution < -0.4 is 5.32 Å². The summed E-state index contributed by atoms with van der Waals surface area (Å²) in [6.07, 6.45) is 7.59. The van der Waals surface area contributed by atoms with E-state index >= 15 is 0 Å². The van der Waals surface area contributed by atoms with E-state index in [1.54, 1.807) is 0 Å². The van der Waals surface area contributed by atoms with Crippen LogP contribution in [0.5, 0.6) is 0 Å². The topological polar surface area (TPSA) is 27.8 Å². The molecule has 1 saturated carbocycles. The van der Waals surface area contributed by atoms with Gasteiger partial charge in [-0.3, -0.25) is 0 Å². The molecule has 1 fully saturated rings. The number of hydrogen-bond acceptors (Lipinski definition) is 1. The minimum absolute atomic E-state index is 0.538. The van der Waals surface area contributed by atoms with Gasteiger partial charge in [0.2, 0.25) is 0 Å². The van der Waals surface area contributed by atoms with Crippen LogP contribution in [0.1, 0.15) is 38.2 Å². The van der Waals surface area contributed by atoms with Crippen molar-refractivity contribution in [3.63, 3.8) is 0 Å². The van der Waals surface area contributed by atoms with Crippen LogP contribution in [0.4, 0.5) is 0 Å². The molecule has 0 aliphatic heterocycles. The standard InChI is InChI=1S/C16H22N2/c1-16(7-2-3-8-16)12-17-11-13-4-5-14-6-9-18-15(14)10-13/h4-6,9-10,17-18H,2-3,7-8,11-12H2,1H3. The van der Waals surface area contributed by atoms with E-state index in [4.69, 9.17) is 0 Å². The summed E-state index contributed by atoms with van der Waals surface area (Å²) in [6, 6.07) is 8.78. The van der Waals surface area contributed by atoms with Crippen molar-refractivity contribution >= 4 is 10.9 Å². The Morgan fingerprint density at radius 3 is 2.89 bits per heavy atom. The van der Waals surface area contributed by atoms with Crippen molar-refractivity contribution in [2.24, 2.45) is 5.41 Å². The fourth-order valence-corrected chi connectivity index (χ4v) is 3.12. The molecular weight excluding hydrogens is 220 g/mol. The smallest absolute Gasteiger partial charge is 0.0457 e. The van der Waals surface area contributed by atoms with Crippen LogP contribution in [0.2, 0.25) is 0 Å². The molecule has 2 N–H and O–H groups in total. The van der Waals surface area contributed by atoms with Gasteiger partial charge in [0.1, 0.15) is 0 Å². The van der Waals surface area contributed by atoms with E-state index in [1.807, 2.05) is 6.20 Å². The number of aromatic amines is 1. The van der Waals surface area contributed by atoms with Gasteiger partial charge in [0.25, 0.3) is 0 Å². The highest BCUT2D eigenvalue weighted by molar-refractivity contribution is 5.79. The fourth-order valence-electron chi connectivity index (χ4n) is 3.12. The van der Waals surface area contributed by atoms with Gasteiger partial charge in [-0.1, -0.05) is 31.9 Å². The molecule has 1 aromatic carbocycles. The fraction of sp³-hybridized carbons (Fsp3) is 0.500. The van der Waals surface area contributed by atoms with Crippen molar-refractivity contribution in [3.05, 3.63) is 36.0 Å². The molecule has 1 aliphatic rings. The maximum Gasteiger partial charge on any atom is 0.0457 e. The highest BCUT2D eigenvalue weighted by Crippen LogP contribution is 2.36. The van der Waals surface area contributed by atoms with E-state index in [9.17, 15) is 0 Å². The van der Waals surface area contributed by atoms with E-state index in [0.29, 0.717) is 5.41 Å². The Labute approximate surface area is 109 Å². The number of rotatable bonds is 4. The van der Waals surface area contributed by atoms with Gasteiger partial charge in [0, 0.05) is 24.8 Å². The minimum atomic E-state index is 0.538. The molecule has 0 saturated heterocycles. The molecule has 2 nitrogen and oxygen atoms in total. The largest absolute Gasteiger partial charge is 0.361 e. The minimum Gasteiger partial charge on any atom is -0.361 e. The van der Waals surface area contributed by atoms with Crippen molar-refractivity contribution in [1.82, 2.24) is 10.3 Å². The molecule has 2 heteroatoms. The lowest BCUT2D eigenvalue weighted by molar-refractivity contribution is 0.314. The normalized spacial score (nSPS) is 18.5. The number of H-pyrrole nitrogens is 1. The highest BCUT2D eigenvalue weighted by Gasteiger charge is 2.27. The van der Waals surface area contributed by atoms with E-state index in [-0.39, 0.29) is 0 Å². The summed E-state index contributed by atoms with van der Waals surface area (Å²) in [5.41, 5.74) is 3.14. The lowest BCUT2D eigenvalue weighted by Crippen LogP contribution is -2.29. The van der Waals surface area contributed by atoms with Gasteiger partial charge in [-0.2, -0.15) is 0 Å². The molecule has 0 unspecified atom stereocenters. The molecule has 0 atom stereocenters. The quantitative estimate of drug-likeness (QED) is 0.837. The second kappa shape index (κ2) is 4.77. The van der Waals surface area contributed by atoms with Gasteiger partial charge >= 0.3 is 0 Å². The lowest BCUT2D eigenvalue weighted by Gasteiger charge is -2.23. The summed E-state index contributed by atoms with van der Waals surface area (Å²) in [4.78, 5) is 3.27. The Balaban J connectivity index is 1.59. The van der Waals surface area contributed by atoms with Crippen LogP contribution in [-0.4, -0.2) is 11.5 Å².